The number of nitrogens with one attached hydrogen (secondary N) is 1. The largest absolute Gasteiger partial charge is 0.417 e. The molecule has 1 N–H and O–H groups in total. The summed E-state index contributed by atoms with van der Waals surface area (Å²) in [4.78, 5) is 5.76. The zero-order valence-corrected chi connectivity index (χ0v) is 10.7. The fourth-order valence-electron chi connectivity index (χ4n) is 1.31. The average Bonchev–Trinajstić information content (AvgIpc) is 2.75. The van der Waals surface area contributed by atoms with Crippen molar-refractivity contribution < 1.29 is 13.2 Å². The van der Waals surface area contributed by atoms with E-state index in [1.165, 1.54) is 6.07 Å². The Balaban J connectivity index is 1.98. The zero-order valence-electron chi connectivity index (χ0n) is 9.90. The normalized spacial score (nSPS) is 12.0. The van der Waals surface area contributed by atoms with Crippen LogP contribution in [0.2, 0.25) is 0 Å². The third-order valence-electron chi connectivity index (χ3n) is 2.22. The van der Waals surface area contributed by atoms with Crippen LogP contribution in [0, 0.1) is 6.92 Å². The molecule has 0 amide bonds. The average molecular weight is 285 g/mol. The fraction of sp³-hybridized carbons (Fsp3) is 0.167. The number of anilines is 1. The summed E-state index contributed by atoms with van der Waals surface area (Å²) in [5.41, 5.74) is 1.80. The highest BCUT2D eigenvalue weighted by molar-refractivity contribution is 7.13. The van der Waals surface area contributed by atoms with Gasteiger partial charge in [0.15, 0.2) is 0 Å². The molecule has 100 valence electrons. The molecule has 0 aromatic carbocycles. The highest BCUT2D eigenvalue weighted by Crippen LogP contribution is 2.28. The Kier molecular flexibility index (Phi) is 3.84. The van der Waals surface area contributed by atoms with Crippen molar-refractivity contribution in [2.75, 3.05) is 5.43 Å². The quantitative estimate of drug-likeness (QED) is 0.685. The number of aromatic nitrogens is 1. The molecule has 0 bridgehead atoms. The number of rotatable bonds is 3. The summed E-state index contributed by atoms with van der Waals surface area (Å²) in [6, 6.07) is 6.06. The summed E-state index contributed by atoms with van der Waals surface area (Å²) >= 11 is 1.57. The molecule has 19 heavy (non-hydrogen) atoms. The van der Waals surface area contributed by atoms with Gasteiger partial charge in [-0.3, -0.25) is 5.43 Å². The van der Waals surface area contributed by atoms with Gasteiger partial charge in [-0.05, 0) is 31.2 Å². The van der Waals surface area contributed by atoms with Crippen molar-refractivity contribution in [3.05, 3.63) is 45.8 Å². The number of nitrogens with zero attached hydrogens (tertiary/aromatic N) is 2. The topological polar surface area (TPSA) is 37.3 Å². The summed E-state index contributed by atoms with van der Waals surface area (Å²) in [7, 11) is 0. The van der Waals surface area contributed by atoms with E-state index in [4.69, 9.17) is 0 Å². The molecule has 0 radical (unpaired) electrons. The molecule has 0 aliphatic carbocycles. The van der Waals surface area contributed by atoms with E-state index in [0.29, 0.717) is 0 Å². The standard InChI is InChI=1S/C12H10F3N3S/c1-8-2-4-10(19-8)7-17-18-11-5-3-9(6-16-11)12(13,14)15/h2-7H,1H3,(H,16,18)/b17-7-. The molecular formula is C12H10F3N3S. The maximum Gasteiger partial charge on any atom is 0.417 e. The summed E-state index contributed by atoms with van der Waals surface area (Å²) in [6.07, 6.45) is -2.01. The Labute approximate surface area is 111 Å². The van der Waals surface area contributed by atoms with E-state index in [0.717, 1.165) is 22.0 Å². The highest BCUT2D eigenvalue weighted by atomic mass is 32.1. The molecule has 0 aliphatic rings. The molecule has 0 unspecified atom stereocenters. The number of hydrogen-bond acceptors (Lipinski definition) is 4. The van der Waals surface area contributed by atoms with Gasteiger partial charge in [-0.1, -0.05) is 0 Å². The van der Waals surface area contributed by atoms with E-state index < -0.39 is 11.7 Å². The van der Waals surface area contributed by atoms with E-state index in [1.807, 2.05) is 19.1 Å². The van der Waals surface area contributed by atoms with Gasteiger partial charge in [0.2, 0.25) is 0 Å². The zero-order chi connectivity index (χ0) is 13.9. The van der Waals surface area contributed by atoms with Gasteiger partial charge < -0.3 is 0 Å². The van der Waals surface area contributed by atoms with Gasteiger partial charge in [0.25, 0.3) is 0 Å². The van der Waals surface area contributed by atoms with Crippen LogP contribution in [0.15, 0.2) is 35.6 Å². The van der Waals surface area contributed by atoms with E-state index in [9.17, 15) is 13.2 Å². The lowest BCUT2D eigenvalue weighted by molar-refractivity contribution is -0.137. The predicted molar refractivity (Wildman–Crippen MR) is 69.5 cm³/mol. The van der Waals surface area contributed by atoms with E-state index in [1.54, 1.807) is 17.6 Å². The second-order valence-electron chi connectivity index (χ2n) is 3.75. The summed E-state index contributed by atoms with van der Waals surface area (Å²) in [5.74, 6) is 0.262. The van der Waals surface area contributed by atoms with Crippen molar-refractivity contribution >= 4 is 23.4 Å². The molecule has 2 rings (SSSR count). The van der Waals surface area contributed by atoms with Crippen LogP contribution in [0.25, 0.3) is 0 Å². The fourth-order valence-corrected chi connectivity index (χ4v) is 2.06. The minimum absolute atomic E-state index is 0.262. The number of halogens is 3. The Morgan fingerprint density at radius 1 is 1.26 bits per heavy atom. The first kappa shape index (κ1) is 13.5. The van der Waals surface area contributed by atoms with Crippen LogP contribution in [-0.2, 0) is 6.18 Å². The molecule has 0 spiro atoms. The monoisotopic (exact) mass is 285 g/mol. The molecule has 0 fully saturated rings. The summed E-state index contributed by atoms with van der Waals surface area (Å²) < 4.78 is 36.9. The third-order valence-corrected chi connectivity index (χ3v) is 3.16. The number of pyridine rings is 1. The van der Waals surface area contributed by atoms with E-state index in [2.05, 4.69) is 15.5 Å². The Bertz CT molecular complexity index is 573. The molecular weight excluding hydrogens is 275 g/mol. The van der Waals surface area contributed by atoms with Gasteiger partial charge in [-0.15, -0.1) is 11.3 Å². The Morgan fingerprint density at radius 2 is 2.05 bits per heavy atom. The van der Waals surface area contributed by atoms with Gasteiger partial charge in [-0.25, -0.2) is 4.98 Å². The first-order chi connectivity index (χ1) is 8.95. The lowest BCUT2D eigenvalue weighted by atomic mass is 10.3. The Morgan fingerprint density at radius 3 is 2.58 bits per heavy atom. The lowest BCUT2D eigenvalue weighted by Crippen LogP contribution is -2.05. The van der Waals surface area contributed by atoms with Crippen molar-refractivity contribution in [2.24, 2.45) is 5.10 Å². The van der Waals surface area contributed by atoms with Gasteiger partial charge >= 0.3 is 6.18 Å². The molecule has 2 aromatic heterocycles. The Hall–Kier alpha value is -1.89. The first-order valence-electron chi connectivity index (χ1n) is 5.34. The first-order valence-corrected chi connectivity index (χ1v) is 6.15. The number of alkyl halides is 3. The van der Waals surface area contributed by atoms with E-state index >= 15 is 0 Å². The van der Waals surface area contributed by atoms with Gasteiger partial charge in [0.05, 0.1) is 11.8 Å². The molecule has 0 atom stereocenters. The number of hydrogen-bond donors (Lipinski definition) is 1. The number of thiophene rings is 1. The lowest BCUT2D eigenvalue weighted by Gasteiger charge is -2.06. The van der Waals surface area contributed by atoms with Crippen molar-refractivity contribution in [3.63, 3.8) is 0 Å². The molecule has 7 heteroatoms. The van der Waals surface area contributed by atoms with Crippen LogP contribution in [0.3, 0.4) is 0 Å². The van der Waals surface area contributed by atoms with Crippen LogP contribution in [0.4, 0.5) is 19.0 Å². The second-order valence-corrected chi connectivity index (χ2v) is 5.07. The van der Waals surface area contributed by atoms with Crippen LogP contribution < -0.4 is 5.43 Å². The van der Waals surface area contributed by atoms with Crippen molar-refractivity contribution in [3.8, 4) is 0 Å². The SMILES string of the molecule is Cc1ccc(/C=N\Nc2ccc(C(F)(F)F)cn2)s1. The van der Waals surface area contributed by atoms with Crippen molar-refractivity contribution in [1.29, 1.82) is 0 Å². The van der Waals surface area contributed by atoms with Crippen LogP contribution in [0.5, 0.6) is 0 Å². The van der Waals surface area contributed by atoms with E-state index in [-0.39, 0.29) is 5.82 Å². The maximum atomic E-state index is 12.3. The smallest absolute Gasteiger partial charge is 0.261 e. The molecule has 2 heterocycles. The summed E-state index contributed by atoms with van der Waals surface area (Å²) in [5, 5.41) is 3.91. The predicted octanol–water partition coefficient (Wildman–Crippen LogP) is 3.92. The minimum Gasteiger partial charge on any atom is -0.261 e. The molecule has 0 saturated heterocycles. The molecule has 3 nitrogen and oxygen atoms in total. The second kappa shape index (κ2) is 5.40. The summed E-state index contributed by atoms with van der Waals surface area (Å²) in [6.45, 7) is 1.98. The van der Waals surface area contributed by atoms with Crippen LogP contribution >= 0.6 is 11.3 Å². The minimum atomic E-state index is -4.37. The third kappa shape index (κ3) is 3.78. The molecule has 0 saturated carbocycles. The van der Waals surface area contributed by atoms with Crippen LogP contribution in [-0.4, -0.2) is 11.2 Å². The maximum absolute atomic E-state index is 12.3. The number of hydrazone groups is 1. The number of aryl methyl sites for hydroxylation is 1. The highest BCUT2D eigenvalue weighted by Gasteiger charge is 2.30. The van der Waals surface area contributed by atoms with Gasteiger partial charge in [-0.2, -0.15) is 18.3 Å². The van der Waals surface area contributed by atoms with Gasteiger partial charge in [0, 0.05) is 16.0 Å². The van der Waals surface area contributed by atoms with Gasteiger partial charge in [0.1, 0.15) is 5.82 Å². The molecule has 0 aliphatic heterocycles. The van der Waals surface area contributed by atoms with Crippen molar-refractivity contribution in [1.82, 2.24) is 4.98 Å². The molecule has 2 aromatic rings. The van der Waals surface area contributed by atoms with Crippen LogP contribution in [0.1, 0.15) is 15.3 Å². The van der Waals surface area contributed by atoms with Crippen molar-refractivity contribution in [2.45, 2.75) is 13.1 Å².